The van der Waals surface area contributed by atoms with Gasteiger partial charge >= 0.3 is 0 Å². The quantitative estimate of drug-likeness (QED) is 0.790. The van der Waals surface area contributed by atoms with E-state index < -0.39 is 0 Å². The summed E-state index contributed by atoms with van der Waals surface area (Å²) < 4.78 is 5.20. The summed E-state index contributed by atoms with van der Waals surface area (Å²) >= 11 is 1.74. The van der Waals surface area contributed by atoms with Crippen LogP contribution in [-0.2, 0) is 10.2 Å². The first-order valence-corrected chi connectivity index (χ1v) is 6.54. The maximum atomic E-state index is 9.28. The van der Waals surface area contributed by atoms with Gasteiger partial charge in [-0.1, -0.05) is 6.42 Å². The molecule has 1 aromatic heterocycles. The van der Waals surface area contributed by atoms with Crippen molar-refractivity contribution in [2.75, 3.05) is 13.2 Å². The molecule has 1 saturated carbocycles. The lowest BCUT2D eigenvalue weighted by atomic mass is 9.85. The predicted molar refractivity (Wildman–Crippen MR) is 61.6 cm³/mol. The highest BCUT2D eigenvalue weighted by Gasteiger charge is 2.44. The number of aromatic nitrogens is 1. The number of hydrogen-bond acceptors (Lipinski definition) is 4. The maximum Gasteiger partial charge on any atom is 0.140 e. The van der Waals surface area contributed by atoms with Crippen LogP contribution >= 0.6 is 11.3 Å². The molecule has 16 heavy (non-hydrogen) atoms. The van der Waals surface area contributed by atoms with Gasteiger partial charge in [-0.2, -0.15) is 5.26 Å². The third-order valence-corrected chi connectivity index (χ3v) is 5.14. The molecule has 0 unspecified atom stereocenters. The summed E-state index contributed by atoms with van der Waals surface area (Å²) in [7, 11) is 0. The van der Waals surface area contributed by atoms with E-state index in [0.717, 1.165) is 10.6 Å². The van der Waals surface area contributed by atoms with Crippen molar-refractivity contribution in [3.8, 4) is 6.07 Å². The standard InChI is InChI=1S/C12H14N2OS/c1-8-10(12(5-13)6-15-7-12)16-11(14-8)9-3-2-4-9/h9H,2-4,6-7H2,1H3. The molecule has 0 bridgehead atoms. The van der Waals surface area contributed by atoms with E-state index in [1.165, 1.54) is 24.3 Å². The molecule has 0 aromatic carbocycles. The summed E-state index contributed by atoms with van der Waals surface area (Å²) in [5.41, 5.74) is 0.653. The van der Waals surface area contributed by atoms with Gasteiger partial charge in [0.2, 0.25) is 0 Å². The first-order chi connectivity index (χ1) is 7.75. The third-order valence-electron chi connectivity index (χ3n) is 3.61. The maximum absolute atomic E-state index is 9.28. The van der Waals surface area contributed by atoms with E-state index in [-0.39, 0.29) is 5.41 Å². The Hall–Kier alpha value is -0.920. The molecule has 2 fully saturated rings. The van der Waals surface area contributed by atoms with Gasteiger partial charge in [-0.3, -0.25) is 0 Å². The Bertz CT molecular complexity index is 452. The topological polar surface area (TPSA) is 45.9 Å². The molecule has 3 rings (SSSR count). The van der Waals surface area contributed by atoms with Crippen molar-refractivity contribution in [2.45, 2.75) is 37.5 Å². The molecule has 1 aliphatic heterocycles. The van der Waals surface area contributed by atoms with Crippen LogP contribution in [0.1, 0.15) is 40.8 Å². The molecular formula is C12H14N2OS. The molecule has 2 aliphatic rings. The van der Waals surface area contributed by atoms with Gasteiger partial charge < -0.3 is 4.74 Å². The second-order valence-corrected chi connectivity index (χ2v) is 5.81. The Morgan fingerprint density at radius 1 is 1.50 bits per heavy atom. The number of nitrogens with zero attached hydrogens (tertiary/aromatic N) is 2. The summed E-state index contributed by atoms with van der Waals surface area (Å²) in [6.07, 6.45) is 3.86. The fourth-order valence-electron chi connectivity index (χ4n) is 2.24. The predicted octanol–water partition coefficient (Wildman–Crippen LogP) is 2.51. The average molecular weight is 234 g/mol. The first kappa shape index (κ1) is 10.2. The molecule has 1 aromatic rings. The van der Waals surface area contributed by atoms with Crippen LogP contribution in [0.5, 0.6) is 0 Å². The fraction of sp³-hybridized carbons (Fsp3) is 0.667. The van der Waals surface area contributed by atoms with Gasteiger partial charge in [-0.25, -0.2) is 4.98 Å². The Morgan fingerprint density at radius 2 is 2.25 bits per heavy atom. The smallest absolute Gasteiger partial charge is 0.140 e. The zero-order valence-electron chi connectivity index (χ0n) is 9.32. The molecule has 2 heterocycles. The van der Waals surface area contributed by atoms with Crippen LogP contribution in [0.2, 0.25) is 0 Å². The highest BCUT2D eigenvalue weighted by molar-refractivity contribution is 7.12. The van der Waals surface area contributed by atoms with E-state index in [0.29, 0.717) is 19.1 Å². The van der Waals surface area contributed by atoms with Crippen LogP contribution in [0.4, 0.5) is 0 Å². The van der Waals surface area contributed by atoms with Gasteiger partial charge in [0.15, 0.2) is 0 Å². The van der Waals surface area contributed by atoms with E-state index in [2.05, 4.69) is 11.1 Å². The van der Waals surface area contributed by atoms with Crippen molar-refractivity contribution in [1.82, 2.24) is 4.98 Å². The molecule has 0 N–H and O–H groups in total. The molecule has 3 nitrogen and oxygen atoms in total. The largest absolute Gasteiger partial charge is 0.377 e. The number of ether oxygens (including phenoxy) is 1. The summed E-state index contributed by atoms with van der Waals surface area (Å²) in [5.74, 6) is 0.661. The number of nitriles is 1. The van der Waals surface area contributed by atoms with Crippen molar-refractivity contribution >= 4 is 11.3 Å². The van der Waals surface area contributed by atoms with Gasteiger partial charge in [0.25, 0.3) is 0 Å². The van der Waals surface area contributed by atoms with Crippen molar-refractivity contribution in [1.29, 1.82) is 5.26 Å². The molecular weight excluding hydrogens is 220 g/mol. The Balaban J connectivity index is 1.95. The molecule has 4 heteroatoms. The lowest BCUT2D eigenvalue weighted by Crippen LogP contribution is -2.45. The summed E-state index contributed by atoms with van der Waals surface area (Å²) in [6, 6.07) is 2.41. The molecule has 0 spiro atoms. The van der Waals surface area contributed by atoms with Crippen LogP contribution in [0.25, 0.3) is 0 Å². The molecule has 1 saturated heterocycles. The monoisotopic (exact) mass is 234 g/mol. The molecule has 0 radical (unpaired) electrons. The van der Waals surface area contributed by atoms with Gasteiger partial charge in [0, 0.05) is 5.92 Å². The second kappa shape index (κ2) is 3.54. The Morgan fingerprint density at radius 3 is 2.69 bits per heavy atom. The number of hydrogen-bond donors (Lipinski definition) is 0. The Kier molecular flexibility index (Phi) is 2.27. The van der Waals surface area contributed by atoms with Gasteiger partial charge in [0.1, 0.15) is 5.41 Å². The van der Waals surface area contributed by atoms with Crippen LogP contribution in [0, 0.1) is 18.3 Å². The Labute approximate surface area is 99.1 Å². The van der Waals surface area contributed by atoms with E-state index in [9.17, 15) is 5.26 Å². The highest BCUT2D eigenvalue weighted by Crippen LogP contribution is 2.43. The van der Waals surface area contributed by atoms with Crippen LogP contribution < -0.4 is 0 Å². The fourth-order valence-corrected chi connectivity index (χ4v) is 3.59. The number of thiazole rings is 1. The minimum Gasteiger partial charge on any atom is -0.377 e. The van der Waals surface area contributed by atoms with E-state index >= 15 is 0 Å². The van der Waals surface area contributed by atoms with Crippen LogP contribution in [0.15, 0.2) is 0 Å². The average Bonchev–Trinajstić information content (AvgIpc) is 2.45. The summed E-state index contributed by atoms with van der Waals surface area (Å²) in [4.78, 5) is 5.78. The van der Waals surface area contributed by atoms with Crippen molar-refractivity contribution in [3.63, 3.8) is 0 Å². The molecule has 1 aliphatic carbocycles. The van der Waals surface area contributed by atoms with E-state index in [4.69, 9.17) is 4.74 Å². The van der Waals surface area contributed by atoms with Gasteiger partial charge in [-0.15, -0.1) is 11.3 Å². The molecule has 84 valence electrons. The zero-order chi connectivity index (χ0) is 11.2. The minimum atomic E-state index is -0.385. The van der Waals surface area contributed by atoms with Crippen molar-refractivity contribution in [3.05, 3.63) is 15.6 Å². The summed E-state index contributed by atoms with van der Waals surface area (Å²) in [5, 5.41) is 10.5. The first-order valence-electron chi connectivity index (χ1n) is 5.72. The van der Waals surface area contributed by atoms with E-state index in [1.54, 1.807) is 11.3 Å². The molecule has 0 amide bonds. The van der Waals surface area contributed by atoms with Crippen molar-refractivity contribution < 1.29 is 4.74 Å². The lowest BCUT2D eigenvalue weighted by molar-refractivity contribution is -0.0284. The normalized spacial score (nSPS) is 23.2. The van der Waals surface area contributed by atoms with Gasteiger partial charge in [-0.05, 0) is 19.8 Å². The lowest BCUT2D eigenvalue weighted by Gasteiger charge is -2.34. The van der Waals surface area contributed by atoms with Crippen LogP contribution in [-0.4, -0.2) is 18.2 Å². The van der Waals surface area contributed by atoms with Gasteiger partial charge in [0.05, 0.1) is 34.9 Å². The SMILES string of the molecule is Cc1nc(C2CCC2)sc1C1(C#N)COC1. The van der Waals surface area contributed by atoms with E-state index in [1.807, 2.05) is 6.92 Å². The molecule has 0 atom stereocenters. The third kappa shape index (κ3) is 1.32. The van der Waals surface area contributed by atoms with Crippen LogP contribution in [0.3, 0.4) is 0 Å². The van der Waals surface area contributed by atoms with Crippen molar-refractivity contribution in [2.24, 2.45) is 0 Å². The number of rotatable bonds is 2. The summed E-state index contributed by atoms with van der Waals surface area (Å²) in [6.45, 7) is 3.10. The second-order valence-electron chi connectivity index (χ2n) is 4.78. The number of aryl methyl sites for hydroxylation is 1. The minimum absolute atomic E-state index is 0.385. The highest BCUT2D eigenvalue weighted by atomic mass is 32.1. The zero-order valence-corrected chi connectivity index (χ0v) is 10.1.